The van der Waals surface area contributed by atoms with E-state index in [2.05, 4.69) is 11.9 Å². The van der Waals surface area contributed by atoms with Gasteiger partial charge in [-0.25, -0.2) is 4.79 Å². The number of carbonyl (C=O) groups excluding carboxylic acids is 1. The van der Waals surface area contributed by atoms with Crippen LogP contribution in [0.4, 0.5) is 0 Å². The van der Waals surface area contributed by atoms with Gasteiger partial charge >= 0.3 is 13.1 Å². The number of hydrogen-bond acceptors (Lipinski definition) is 5. The zero-order valence-electron chi connectivity index (χ0n) is 15.7. The maximum atomic E-state index is 12.8. The van der Waals surface area contributed by atoms with Crippen molar-refractivity contribution in [1.82, 2.24) is 4.90 Å². The van der Waals surface area contributed by atoms with Crippen molar-refractivity contribution in [2.75, 3.05) is 13.6 Å². The maximum absolute atomic E-state index is 12.8. The third-order valence-electron chi connectivity index (χ3n) is 5.63. The monoisotopic (exact) mass is 379 g/mol. The van der Waals surface area contributed by atoms with Crippen molar-refractivity contribution in [3.63, 3.8) is 0 Å². The summed E-state index contributed by atoms with van der Waals surface area (Å²) in [6.07, 6.45) is 1.48. The van der Waals surface area contributed by atoms with E-state index in [0.29, 0.717) is 17.5 Å². The van der Waals surface area contributed by atoms with Crippen LogP contribution in [0.2, 0.25) is 5.82 Å². The third kappa shape index (κ3) is 3.55. The van der Waals surface area contributed by atoms with E-state index in [-0.39, 0.29) is 23.5 Å². The van der Waals surface area contributed by atoms with E-state index in [0.717, 1.165) is 19.5 Å². The Hall–Kier alpha value is -2.64. The molecule has 2 N–H and O–H groups in total. The summed E-state index contributed by atoms with van der Waals surface area (Å²) in [6.45, 7) is 1.87. The van der Waals surface area contributed by atoms with E-state index in [4.69, 9.17) is 4.65 Å². The van der Waals surface area contributed by atoms with Gasteiger partial charge in [0.1, 0.15) is 5.75 Å². The molecule has 7 heteroatoms. The van der Waals surface area contributed by atoms with Crippen molar-refractivity contribution in [2.45, 2.75) is 31.6 Å². The molecule has 144 valence electrons. The summed E-state index contributed by atoms with van der Waals surface area (Å²) in [6, 6.07) is 10.7. The summed E-state index contributed by atoms with van der Waals surface area (Å²) in [4.78, 5) is 26.4. The average Bonchev–Trinajstić information content (AvgIpc) is 2.67. The van der Waals surface area contributed by atoms with Gasteiger partial charge in [0.2, 0.25) is 0 Å². The number of rotatable bonds is 4. The number of likely N-dealkylation sites (N-methyl/N-ethyl adjacent to an activating group) is 1. The van der Waals surface area contributed by atoms with E-state index in [9.17, 15) is 19.7 Å². The Kier molecular flexibility index (Phi) is 4.95. The quantitative estimate of drug-likeness (QED) is 0.627. The first-order valence-corrected chi connectivity index (χ1v) is 9.46. The molecule has 0 saturated heterocycles. The first-order valence-electron chi connectivity index (χ1n) is 9.46. The summed E-state index contributed by atoms with van der Waals surface area (Å²) >= 11 is 0. The molecule has 0 saturated carbocycles. The van der Waals surface area contributed by atoms with Crippen LogP contribution < -0.4 is 4.65 Å². The molecule has 2 aromatic carbocycles. The Labute approximate surface area is 163 Å². The molecule has 0 radical (unpaired) electrons. The second-order valence-corrected chi connectivity index (χ2v) is 7.67. The van der Waals surface area contributed by atoms with Crippen molar-refractivity contribution in [3.8, 4) is 5.75 Å². The normalized spacial score (nSPS) is 18.8. The van der Waals surface area contributed by atoms with Crippen LogP contribution in [0.1, 0.15) is 43.8 Å². The number of carboxylic acids is 1. The summed E-state index contributed by atoms with van der Waals surface area (Å²) in [7, 11) is 0.878. The molecule has 6 nitrogen and oxygen atoms in total. The molecule has 2 heterocycles. The molecule has 0 amide bonds. The van der Waals surface area contributed by atoms with Gasteiger partial charge in [-0.1, -0.05) is 24.3 Å². The molecule has 4 rings (SSSR count). The number of carbonyl (C=O) groups is 2. The lowest BCUT2D eigenvalue weighted by atomic mass is 9.64. The molecular formula is C21H22BNO5. The van der Waals surface area contributed by atoms with E-state index in [1.165, 1.54) is 17.2 Å². The standard InChI is InChI=1S/C21H22BNO5/c1-23-8-7-13-9-14(5-6-16(13)12-23)19(24)11-17-10-15-3-2-4-18(21(25)26)20(15)28-22(17)27/h2-6,9,17,27H,7-8,10-12H2,1H3,(H,25,26)/t17-/m1/s1. The van der Waals surface area contributed by atoms with Crippen LogP contribution in [0.3, 0.4) is 0 Å². The van der Waals surface area contributed by atoms with Crippen LogP contribution in [-0.4, -0.2) is 47.5 Å². The minimum Gasteiger partial charge on any atom is -0.535 e. The van der Waals surface area contributed by atoms with Gasteiger partial charge in [-0.3, -0.25) is 4.79 Å². The fourth-order valence-corrected chi connectivity index (χ4v) is 4.05. The van der Waals surface area contributed by atoms with Gasteiger partial charge in [-0.2, -0.15) is 0 Å². The molecule has 0 aromatic heterocycles. The SMILES string of the molecule is CN1CCc2cc(C(=O)C[C@H]3Cc4cccc(C(=O)O)c4OB3O)ccc2C1. The maximum Gasteiger partial charge on any atom is 0.526 e. The van der Waals surface area contributed by atoms with Gasteiger partial charge in [0.05, 0.1) is 5.56 Å². The zero-order chi connectivity index (χ0) is 19.8. The Morgan fingerprint density at radius 3 is 2.82 bits per heavy atom. The van der Waals surface area contributed by atoms with Gasteiger partial charge in [-0.05, 0) is 48.7 Å². The van der Waals surface area contributed by atoms with Crippen molar-refractivity contribution in [2.24, 2.45) is 0 Å². The Morgan fingerprint density at radius 2 is 2.04 bits per heavy atom. The van der Waals surface area contributed by atoms with Gasteiger partial charge in [0, 0.05) is 30.9 Å². The summed E-state index contributed by atoms with van der Waals surface area (Å²) in [5, 5.41) is 19.6. The van der Waals surface area contributed by atoms with E-state index < -0.39 is 18.9 Å². The minimum atomic E-state index is -1.21. The number of para-hydroxylation sites is 1. The Morgan fingerprint density at radius 1 is 1.21 bits per heavy atom. The summed E-state index contributed by atoms with van der Waals surface area (Å²) in [5.74, 6) is -1.35. The topological polar surface area (TPSA) is 87.1 Å². The number of aromatic carboxylic acids is 1. The van der Waals surface area contributed by atoms with Crippen molar-refractivity contribution in [1.29, 1.82) is 0 Å². The summed E-state index contributed by atoms with van der Waals surface area (Å²) < 4.78 is 5.49. The number of carboxylic acid groups (broad SMARTS) is 1. The Bertz CT molecular complexity index is 944. The van der Waals surface area contributed by atoms with Crippen molar-refractivity contribution < 1.29 is 24.4 Å². The molecule has 2 aromatic rings. The van der Waals surface area contributed by atoms with E-state index in [1.807, 2.05) is 18.2 Å². The fraction of sp³-hybridized carbons (Fsp3) is 0.333. The molecule has 0 unspecified atom stereocenters. The lowest BCUT2D eigenvalue weighted by Gasteiger charge is -2.28. The number of ketones is 1. The molecule has 0 bridgehead atoms. The number of benzene rings is 2. The van der Waals surface area contributed by atoms with E-state index >= 15 is 0 Å². The highest BCUT2D eigenvalue weighted by molar-refractivity contribution is 6.47. The first kappa shape index (κ1) is 18.7. The van der Waals surface area contributed by atoms with Crippen LogP contribution in [-0.2, 0) is 19.4 Å². The van der Waals surface area contributed by atoms with Gasteiger partial charge in [0.15, 0.2) is 5.78 Å². The van der Waals surface area contributed by atoms with Crippen LogP contribution >= 0.6 is 0 Å². The van der Waals surface area contributed by atoms with Gasteiger partial charge in [0.25, 0.3) is 0 Å². The smallest absolute Gasteiger partial charge is 0.526 e. The molecule has 2 aliphatic rings. The molecule has 28 heavy (non-hydrogen) atoms. The summed E-state index contributed by atoms with van der Waals surface area (Å²) in [5.41, 5.74) is 3.85. The number of nitrogens with zero attached hydrogens (tertiary/aromatic N) is 1. The van der Waals surface area contributed by atoms with E-state index in [1.54, 1.807) is 12.1 Å². The van der Waals surface area contributed by atoms with Crippen LogP contribution in [0, 0.1) is 0 Å². The second-order valence-electron chi connectivity index (χ2n) is 7.67. The zero-order valence-corrected chi connectivity index (χ0v) is 15.7. The number of Topliss-reactive ketones (excluding diaryl/α,β-unsaturated/α-hetero) is 1. The second kappa shape index (κ2) is 7.41. The van der Waals surface area contributed by atoms with Crippen molar-refractivity contribution in [3.05, 3.63) is 64.2 Å². The predicted molar refractivity (Wildman–Crippen MR) is 105 cm³/mol. The number of fused-ring (bicyclic) bond motifs is 2. The molecule has 0 fully saturated rings. The highest BCUT2D eigenvalue weighted by Crippen LogP contribution is 2.36. The van der Waals surface area contributed by atoms with Gasteiger partial charge < -0.3 is 19.7 Å². The molecule has 1 atom stereocenters. The largest absolute Gasteiger partial charge is 0.535 e. The molecular weight excluding hydrogens is 357 g/mol. The van der Waals surface area contributed by atoms with Crippen LogP contribution in [0.5, 0.6) is 5.75 Å². The predicted octanol–water partition coefficient (Wildman–Crippen LogP) is 2.43. The van der Waals surface area contributed by atoms with Crippen LogP contribution in [0.25, 0.3) is 0 Å². The third-order valence-corrected chi connectivity index (χ3v) is 5.63. The fourth-order valence-electron chi connectivity index (χ4n) is 4.05. The highest BCUT2D eigenvalue weighted by atomic mass is 16.5. The first-order chi connectivity index (χ1) is 13.4. The molecule has 0 aliphatic carbocycles. The van der Waals surface area contributed by atoms with Gasteiger partial charge in [-0.15, -0.1) is 0 Å². The molecule has 0 spiro atoms. The highest BCUT2D eigenvalue weighted by Gasteiger charge is 2.38. The number of hydrogen-bond donors (Lipinski definition) is 2. The average molecular weight is 379 g/mol. The lowest BCUT2D eigenvalue weighted by Crippen LogP contribution is -2.35. The van der Waals surface area contributed by atoms with Crippen LogP contribution in [0.15, 0.2) is 36.4 Å². The minimum absolute atomic E-state index is 0.0287. The molecule has 2 aliphatic heterocycles. The Balaban J connectivity index is 1.51. The lowest BCUT2D eigenvalue weighted by molar-refractivity contribution is 0.0693. The van der Waals surface area contributed by atoms with Crippen molar-refractivity contribution >= 4 is 18.9 Å².